The highest BCUT2D eigenvalue weighted by atomic mass is 32.2. The molecule has 1 fully saturated rings. The predicted octanol–water partition coefficient (Wildman–Crippen LogP) is 0.397. The number of aliphatic hydroxyl groups excluding tert-OH is 2. The Morgan fingerprint density at radius 1 is 1.12 bits per heavy atom. The monoisotopic (exact) mass is 591 g/mol. The second-order valence-corrected chi connectivity index (χ2v) is 14.0. The quantitative estimate of drug-likeness (QED) is 0.207. The van der Waals surface area contributed by atoms with Crippen molar-refractivity contribution in [3.05, 3.63) is 39.7 Å². The summed E-state index contributed by atoms with van der Waals surface area (Å²) in [5, 5.41) is 45.5. The van der Waals surface area contributed by atoms with Crippen molar-refractivity contribution in [1.82, 2.24) is 4.90 Å². The number of hydrogen-bond donors (Lipinski definition) is 5. The van der Waals surface area contributed by atoms with Gasteiger partial charge in [-0.2, -0.15) is 0 Å². The van der Waals surface area contributed by atoms with E-state index in [2.05, 4.69) is 0 Å². The Labute approximate surface area is 238 Å². The number of fused-ring (bicyclic) bond motifs is 3. The normalized spacial score (nSPS) is 26.2. The fraction of sp³-hybridized carbons (Fsp3) is 0.536. The van der Waals surface area contributed by atoms with E-state index in [-0.39, 0.29) is 35.5 Å². The third kappa shape index (κ3) is 4.89. The minimum atomic E-state index is -3.15. The molecule has 41 heavy (non-hydrogen) atoms. The molecule has 0 heterocycles. The maximum Gasteiger partial charge on any atom is 0.255 e. The second-order valence-electron chi connectivity index (χ2n) is 11.7. The molecule has 0 aliphatic heterocycles. The van der Waals surface area contributed by atoms with Gasteiger partial charge in [0.2, 0.25) is 5.78 Å². The van der Waals surface area contributed by atoms with Gasteiger partial charge in [0.05, 0.1) is 11.6 Å². The van der Waals surface area contributed by atoms with Crippen LogP contribution in [-0.4, -0.2) is 103 Å². The van der Waals surface area contributed by atoms with Crippen LogP contribution in [0.5, 0.6) is 5.75 Å². The maximum absolute atomic E-state index is 14.0. The van der Waals surface area contributed by atoms with E-state index in [1.165, 1.54) is 4.90 Å². The standard InChI is InChI=1S/C28H37N3O9S/c1-30(2)17-12-13(8-6-7-9-41(5,39)40)22(32)19-15(17)10-14-11-16-21(31(3)4)24(34)20(27(29)37)26(36)28(16,38)25(35)18(14)23(19)33/h12,14,16,21,32-33,36,38H,6-11H2,1-5H3,(H2,29,37). The van der Waals surface area contributed by atoms with Crippen molar-refractivity contribution in [3.8, 4) is 5.75 Å². The molecule has 13 heteroatoms. The lowest BCUT2D eigenvalue weighted by Crippen LogP contribution is -2.65. The largest absolute Gasteiger partial charge is 0.508 e. The van der Waals surface area contributed by atoms with Crippen molar-refractivity contribution in [2.75, 3.05) is 45.1 Å². The first-order valence-electron chi connectivity index (χ1n) is 13.3. The highest BCUT2D eigenvalue weighted by Gasteiger charge is 2.64. The van der Waals surface area contributed by atoms with Crippen LogP contribution in [0.1, 0.15) is 36.0 Å². The molecule has 4 unspecified atom stereocenters. The molecule has 0 saturated heterocycles. The Morgan fingerprint density at radius 2 is 1.76 bits per heavy atom. The lowest BCUT2D eigenvalue weighted by molar-refractivity contribution is -0.153. The van der Waals surface area contributed by atoms with Gasteiger partial charge in [0.15, 0.2) is 11.4 Å². The summed E-state index contributed by atoms with van der Waals surface area (Å²) >= 11 is 0. The topological polar surface area (TPSA) is 199 Å². The smallest absolute Gasteiger partial charge is 0.255 e. The van der Waals surface area contributed by atoms with Crippen LogP contribution in [0.15, 0.2) is 23.0 Å². The minimum Gasteiger partial charge on any atom is -0.508 e. The number of likely N-dealkylation sites (N-methyl/N-ethyl adjacent to an activating group) is 1. The van der Waals surface area contributed by atoms with Crippen molar-refractivity contribution < 1.29 is 43.2 Å². The van der Waals surface area contributed by atoms with Gasteiger partial charge in [0, 0.05) is 43.3 Å². The molecule has 0 aromatic heterocycles. The molecule has 1 amide bonds. The fourth-order valence-corrected chi connectivity index (χ4v) is 7.34. The number of carbonyl (C=O) groups is 3. The SMILES string of the molecule is CN(C)c1cc(CCCCS(C)(=O)=O)c(O)c2c1CC1CC3C(N(C)C)C(=O)C(C(N)=O)=C(O)C3(O)C(=O)C1=C2O. The Kier molecular flexibility index (Phi) is 7.78. The Balaban J connectivity index is 1.88. The van der Waals surface area contributed by atoms with E-state index in [0.717, 1.165) is 6.26 Å². The summed E-state index contributed by atoms with van der Waals surface area (Å²) in [5.74, 6) is -6.94. The summed E-state index contributed by atoms with van der Waals surface area (Å²) < 4.78 is 23.0. The Bertz CT molecular complexity index is 1510. The van der Waals surface area contributed by atoms with E-state index in [9.17, 15) is 43.2 Å². The maximum atomic E-state index is 14.0. The van der Waals surface area contributed by atoms with Crippen molar-refractivity contribution in [2.24, 2.45) is 17.6 Å². The Morgan fingerprint density at radius 3 is 2.29 bits per heavy atom. The van der Waals surface area contributed by atoms with Crippen molar-refractivity contribution in [2.45, 2.75) is 43.7 Å². The van der Waals surface area contributed by atoms with Gasteiger partial charge in [0.1, 0.15) is 32.7 Å². The number of primary amides is 1. The molecule has 224 valence electrons. The molecular formula is C28H37N3O9S. The number of sulfone groups is 1. The third-order valence-electron chi connectivity index (χ3n) is 8.47. The molecule has 6 N–H and O–H groups in total. The van der Waals surface area contributed by atoms with Gasteiger partial charge in [-0.1, -0.05) is 0 Å². The molecule has 4 atom stereocenters. The molecule has 1 aromatic rings. The number of hydrogen-bond acceptors (Lipinski definition) is 11. The van der Waals surface area contributed by atoms with Gasteiger partial charge in [-0.15, -0.1) is 0 Å². The molecule has 12 nitrogen and oxygen atoms in total. The van der Waals surface area contributed by atoms with Gasteiger partial charge in [-0.05, 0) is 69.3 Å². The van der Waals surface area contributed by atoms with E-state index in [1.54, 1.807) is 39.2 Å². The number of phenolic OH excluding ortho intramolecular Hbond substituents is 1. The highest BCUT2D eigenvalue weighted by Crippen LogP contribution is 2.54. The van der Waals surface area contributed by atoms with Gasteiger partial charge in [0.25, 0.3) is 5.91 Å². The Hall–Kier alpha value is -3.42. The molecule has 1 aromatic carbocycles. The van der Waals surface area contributed by atoms with Gasteiger partial charge < -0.3 is 31.1 Å². The molecule has 0 radical (unpaired) electrons. The molecule has 1 saturated carbocycles. The summed E-state index contributed by atoms with van der Waals surface area (Å²) in [6.45, 7) is 0. The average molecular weight is 592 g/mol. The minimum absolute atomic E-state index is 0.00658. The molecule has 4 rings (SSSR count). The number of nitrogens with two attached hydrogens (primary N) is 1. The summed E-state index contributed by atoms with van der Waals surface area (Å²) in [7, 11) is 3.52. The summed E-state index contributed by atoms with van der Waals surface area (Å²) in [6, 6.07) is 0.623. The number of phenols is 1. The van der Waals surface area contributed by atoms with Crippen LogP contribution in [0.2, 0.25) is 0 Å². The van der Waals surface area contributed by atoms with E-state index in [1.807, 2.05) is 0 Å². The van der Waals surface area contributed by atoms with Gasteiger partial charge in [-0.25, -0.2) is 8.42 Å². The van der Waals surface area contributed by atoms with Gasteiger partial charge >= 0.3 is 0 Å². The fourth-order valence-electron chi connectivity index (χ4n) is 6.62. The number of amides is 1. The number of ketones is 2. The van der Waals surface area contributed by atoms with Crippen LogP contribution in [0.4, 0.5) is 5.69 Å². The van der Waals surface area contributed by atoms with Crippen LogP contribution in [0.3, 0.4) is 0 Å². The van der Waals surface area contributed by atoms with E-state index >= 15 is 0 Å². The summed E-state index contributed by atoms with van der Waals surface area (Å²) in [5.41, 5.74) is 3.30. The lowest BCUT2D eigenvalue weighted by Gasteiger charge is -2.50. The number of aromatic hydroxyl groups is 1. The van der Waals surface area contributed by atoms with Crippen molar-refractivity contribution in [3.63, 3.8) is 0 Å². The first kappa shape index (κ1) is 30.5. The number of unbranched alkanes of at least 4 members (excludes halogenated alkanes) is 1. The lowest BCUT2D eigenvalue weighted by atomic mass is 9.57. The number of nitrogens with zero attached hydrogens (tertiary/aromatic N) is 2. The van der Waals surface area contributed by atoms with Crippen LogP contribution < -0.4 is 10.6 Å². The number of aliphatic hydroxyl groups is 3. The van der Waals surface area contributed by atoms with Crippen LogP contribution in [-0.2, 0) is 37.1 Å². The highest BCUT2D eigenvalue weighted by molar-refractivity contribution is 7.90. The molecular weight excluding hydrogens is 554 g/mol. The van der Waals surface area contributed by atoms with Crippen LogP contribution >= 0.6 is 0 Å². The first-order valence-corrected chi connectivity index (χ1v) is 15.4. The zero-order chi connectivity index (χ0) is 30.8. The number of benzene rings is 1. The van der Waals surface area contributed by atoms with E-state index in [4.69, 9.17) is 5.73 Å². The van der Waals surface area contributed by atoms with E-state index in [0.29, 0.717) is 36.1 Å². The number of Topliss-reactive ketones (excluding diaryl/α,β-unsaturated/α-hetero) is 2. The van der Waals surface area contributed by atoms with Gasteiger partial charge in [-0.3, -0.25) is 19.3 Å². The second kappa shape index (κ2) is 10.4. The predicted molar refractivity (Wildman–Crippen MR) is 151 cm³/mol. The zero-order valence-electron chi connectivity index (χ0n) is 23.8. The molecule has 3 aliphatic rings. The molecule has 0 bridgehead atoms. The first-order chi connectivity index (χ1) is 18.9. The average Bonchev–Trinajstić information content (AvgIpc) is 2.83. The molecule has 3 aliphatic carbocycles. The molecule has 0 spiro atoms. The number of rotatable bonds is 8. The van der Waals surface area contributed by atoms with Crippen molar-refractivity contribution in [1.29, 1.82) is 0 Å². The van der Waals surface area contributed by atoms with E-state index < -0.39 is 67.9 Å². The number of carbonyl (C=O) groups excluding carboxylic acids is 3. The summed E-state index contributed by atoms with van der Waals surface area (Å²) in [6.07, 6.45) is 2.46. The van der Waals surface area contributed by atoms with Crippen molar-refractivity contribution >= 4 is 38.8 Å². The van der Waals surface area contributed by atoms with Crippen LogP contribution in [0.25, 0.3) is 5.76 Å². The number of anilines is 1. The summed E-state index contributed by atoms with van der Waals surface area (Å²) in [4.78, 5) is 42.6. The zero-order valence-corrected chi connectivity index (χ0v) is 24.6. The third-order valence-corrected chi connectivity index (χ3v) is 9.50. The van der Waals surface area contributed by atoms with Crippen LogP contribution in [0, 0.1) is 11.8 Å². The number of aryl methyl sites for hydroxylation is 1.